The van der Waals surface area contributed by atoms with E-state index >= 15 is 0 Å². The molecule has 0 amide bonds. The van der Waals surface area contributed by atoms with Gasteiger partial charge in [-0.05, 0) is 18.1 Å². The Morgan fingerprint density at radius 3 is 2.55 bits per heavy atom. The van der Waals surface area contributed by atoms with Crippen LogP contribution < -0.4 is 5.59 Å². The molecular formula is C7H10BNO2. The van der Waals surface area contributed by atoms with Gasteiger partial charge in [0.1, 0.15) is 0 Å². The fraction of sp³-hybridized carbons (Fsp3) is 0.286. The molecule has 11 heavy (non-hydrogen) atoms. The molecule has 0 unspecified atom stereocenters. The maximum absolute atomic E-state index is 8.68. The van der Waals surface area contributed by atoms with Crippen molar-refractivity contribution < 1.29 is 10.0 Å². The number of pyridine rings is 1. The highest BCUT2D eigenvalue weighted by atomic mass is 16.4. The Hall–Kier alpha value is -0.865. The Morgan fingerprint density at radius 2 is 2.18 bits per heavy atom. The molecule has 1 aromatic rings. The first-order valence-electron chi connectivity index (χ1n) is 3.55. The Kier molecular flexibility index (Phi) is 2.62. The molecule has 0 spiro atoms. The number of hydrogen-bond donors (Lipinski definition) is 2. The summed E-state index contributed by atoms with van der Waals surface area (Å²) in [6.45, 7) is 2.02. The fourth-order valence-electron chi connectivity index (χ4n) is 0.798. The second-order valence-corrected chi connectivity index (χ2v) is 2.32. The van der Waals surface area contributed by atoms with Crippen molar-refractivity contribution in [3.63, 3.8) is 0 Å². The summed E-state index contributed by atoms with van der Waals surface area (Å²) in [7, 11) is -1.46. The summed E-state index contributed by atoms with van der Waals surface area (Å²) >= 11 is 0. The molecule has 0 aromatic carbocycles. The molecule has 0 atom stereocenters. The molecule has 0 bridgehead atoms. The van der Waals surface area contributed by atoms with Crippen LogP contribution in [-0.4, -0.2) is 22.2 Å². The van der Waals surface area contributed by atoms with Crippen LogP contribution in [0.3, 0.4) is 0 Å². The Morgan fingerprint density at radius 1 is 1.45 bits per heavy atom. The molecule has 4 heteroatoms. The molecule has 0 aliphatic carbocycles. The zero-order chi connectivity index (χ0) is 8.27. The summed E-state index contributed by atoms with van der Waals surface area (Å²) in [4.78, 5) is 3.85. The summed E-state index contributed by atoms with van der Waals surface area (Å²) < 4.78 is 0. The summed E-state index contributed by atoms with van der Waals surface area (Å²) in [6.07, 6.45) is 2.56. The van der Waals surface area contributed by atoms with Crippen molar-refractivity contribution in [1.29, 1.82) is 0 Å². The Bertz CT molecular complexity index is 222. The highest BCUT2D eigenvalue weighted by molar-refractivity contribution is 6.57. The molecule has 1 aromatic heterocycles. The van der Waals surface area contributed by atoms with Crippen molar-refractivity contribution in [3.8, 4) is 0 Å². The summed E-state index contributed by atoms with van der Waals surface area (Å²) in [5.74, 6) is 0. The second kappa shape index (κ2) is 3.50. The first-order valence-corrected chi connectivity index (χ1v) is 3.55. The predicted octanol–water partition coefficient (Wildman–Crippen LogP) is -0.676. The first-order chi connectivity index (χ1) is 5.24. The van der Waals surface area contributed by atoms with Gasteiger partial charge in [-0.25, -0.2) is 0 Å². The molecule has 0 saturated heterocycles. The van der Waals surface area contributed by atoms with Gasteiger partial charge in [0.2, 0.25) is 0 Å². The molecule has 3 nitrogen and oxygen atoms in total. The lowest BCUT2D eigenvalue weighted by Gasteiger charge is -1.98. The van der Waals surface area contributed by atoms with E-state index in [2.05, 4.69) is 4.98 Å². The van der Waals surface area contributed by atoms with Crippen molar-refractivity contribution in [2.75, 3.05) is 0 Å². The quantitative estimate of drug-likeness (QED) is 0.550. The van der Waals surface area contributed by atoms with Crippen LogP contribution in [0.5, 0.6) is 0 Å². The van der Waals surface area contributed by atoms with E-state index in [1.165, 1.54) is 0 Å². The minimum absolute atomic E-state index is 0.294. The standard InChI is InChI=1S/C7H10BNO2/c1-2-6-3-4-7(8(10)11)9-5-6/h3-5,10-11H,2H2,1H3. The van der Waals surface area contributed by atoms with Gasteiger partial charge in [-0.3, -0.25) is 4.98 Å². The van der Waals surface area contributed by atoms with Crippen LogP contribution in [0, 0.1) is 0 Å². The van der Waals surface area contributed by atoms with E-state index in [-0.39, 0.29) is 0 Å². The second-order valence-electron chi connectivity index (χ2n) is 2.32. The van der Waals surface area contributed by atoms with E-state index < -0.39 is 7.12 Å². The zero-order valence-electron chi connectivity index (χ0n) is 6.36. The molecule has 0 fully saturated rings. The lowest BCUT2D eigenvalue weighted by Crippen LogP contribution is -2.32. The highest BCUT2D eigenvalue weighted by Gasteiger charge is 2.10. The van der Waals surface area contributed by atoms with E-state index in [0.717, 1.165) is 12.0 Å². The van der Waals surface area contributed by atoms with Gasteiger partial charge in [-0.15, -0.1) is 0 Å². The number of nitrogens with zero attached hydrogens (tertiary/aromatic N) is 1. The van der Waals surface area contributed by atoms with Gasteiger partial charge in [0.15, 0.2) is 0 Å². The third kappa shape index (κ3) is 2.03. The number of hydrogen-bond acceptors (Lipinski definition) is 3. The minimum atomic E-state index is -1.46. The minimum Gasteiger partial charge on any atom is -0.422 e. The SMILES string of the molecule is CCc1ccc(B(O)O)nc1. The summed E-state index contributed by atoms with van der Waals surface area (Å²) in [5, 5.41) is 17.4. The van der Waals surface area contributed by atoms with Crippen LogP contribution in [0.25, 0.3) is 0 Å². The lowest BCUT2D eigenvalue weighted by molar-refractivity contribution is 0.424. The zero-order valence-corrected chi connectivity index (χ0v) is 6.36. The monoisotopic (exact) mass is 151 g/mol. The molecule has 0 radical (unpaired) electrons. The number of aryl methyl sites for hydroxylation is 1. The molecule has 0 aliphatic heterocycles. The van der Waals surface area contributed by atoms with Gasteiger partial charge >= 0.3 is 7.12 Å². The predicted molar refractivity (Wildman–Crippen MR) is 43.4 cm³/mol. The molecular weight excluding hydrogens is 141 g/mol. The molecule has 2 N–H and O–H groups in total. The van der Waals surface area contributed by atoms with Gasteiger partial charge < -0.3 is 10.0 Å². The third-order valence-corrected chi connectivity index (χ3v) is 1.52. The molecule has 1 rings (SSSR count). The summed E-state index contributed by atoms with van der Waals surface area (Å²) in [5.41, 5.74) is 1.39. The Labute approximate surface area is 65.9 Å². The summed E-state index contributed by atoms with van der Waals surface area (Å²) in [6, 6.07) is 3.45. The van der Waals surface area contributed by atoms with Crippen molar-refractivity contribution in [3.05, 3.63) is 23.9 Å². The topological polar surface area (TPSA) is 53.4 Å². The molecule has 58 valence electrons. The Balaban J connectivity index is 2.83. The van der Waals surface area contributed by atoms with Gasteiger partial charge in [-0.2, -0.15) is 0 Å². The van der Waals surface area contributed by atoms with E-state index in [4.69, 9.17) is 10.0 Å². The van der Waals surface area contributed by atoms with Gasteiger partial charge in [0.25, 0.3) is 0 Å². The van der Waals surface area contributed by atoms with Crippen LogP contribution in [0.2, 0.25) is 0 Å². The average Bonchev–Trinajstić information content (AvgIpc) is 2.05. The van der Waals surface area contributed by atoms with Crippen molar-refractivity contribution in [1.82, 2.24) is 4.98 Å². The average molecular weight is 151 g/mol. The van der Waals surface area contributed by atoms with E-state index in [1.54, 1.807) is 12.3 Å². The molecule has 1 heterocycles. The van der Waals surface area contributed by atoms with Crippen molar-refractivity contribution >= 4 is 12.7 Å². The lowest BCUT2D eigenvalue weighted by atomic mass is 9.85. The van der Waals surface area contributed by atoms with E-state index in [0.29, 0.717) is 5.59 Å². The van der Waals surface area contributed by atoms with Crippen LogP contribution in [0.15, 0.2) is 18.3 Å². The van der Waals surface area contributed by atoms with Gasteiger partial charge in [0.05, 0.1) is 5.59 Å². The fourth-order valence-corrected chi connectivity index (χ4v) is 0.798. The number of rotatable bonds is 2. The molecule has 0 saturated carbocycles. The van der Waals surface area contributed by atoms with E-state index in [1.807, 2.05) is 13.0 Å². The highest BCUT2D eigenvalue weighted by Crippen LogP contribution is 1.93. The normalized spacial score (nSPS) is 9.73. The van der Waals surface area contributed by atoms with Crippen LogP contribution in [0.1, 0.15) is 12.5 Å². The van der Waals surface area contributed by atoms with Crippen LogP contribution in [-0.2, 0) is 6.42 Å². The maximum atomic E-state index is 8.68. The molecule has 0 aliphatic rings. The first kappa shape index (κ1) is 8.23. The van der Waals surface area contributed by atoms with Gasteiger partial charge in [-0.1, -0.05) is 13.0 Å². The van der Waals surface area contributed by atoms with Gasteiger partial charge in [0, 0.05) is 6.20 Å². The largest absolute Gasteiger partial charge is 0.508 e. The van der Waals surface area contributed by atoms with Crippen molar-refractivity contribution in [2.45, 2.75) is 13.3 Å². The third-order valence-electron chi connectivity index (χ3n) is 1.52. The van der Waals surface area contributed by atoms with E-state index in [9.17, 15) is 0 Å². The number of aromatic nitrogens is 1. The smallest absolute Gasteiger partial charge is 0.422 e. The van der Waals surface area contributed by atoms with Crippen LogP contribution >= 0.6 is 0 Å². The maximum Gasteiger partial charge on any atom is 0.508 e. The van der Waals surface area contributed by atoms with Crippen molar-refractivity contribution in [2.24, 2.45) is 0 Å². The van der Waals surface area contributed by atoms with Crippen LogP contribution in [0.4, 0.5) is 0 Å².